The van der Waals surface area contributed by atoms with Crippen molar-refractivity contribution in [3.8, 4) is 11.3 Å². The van der Waals surface area contributed by atoms with E-state index in [2.05, 4.69) is 14.8 Å². The molecular formula is C19H12ClN3O3S. The summed E-state index contributed by atoms with van der Waals surface area (Å²) in [5.74, 6) is -0.497. The summed E-state index contributed by atoms with van der Waals surface area (Å²) in [5, 5.41) is 9.86. The van der Waals surface area contributed by atoms with Crippen LogP contribution in [0.1, 0.15) is 15.9 Å². The number of H-pyrrole nitrogens is 1. The summed E-state index contributed by atoms with van der Waals surface area (Å²) < 4.78 is 0. The van der Waals surface area contributed by atoms with Gasteiger partial charge in [0.05, 0.1) is 17.8 Å². The fraction of sp³-hybridized carbons (Fsp3) is 0.0526. The van der Waals surface area contributed by atoms with Crippen LogP contribution < -0.4 is 5.56 Å². The Morgan fingerprint density at radius 2 is 1.85 bits per heavy atom. The average Bonchev–Trinajstić information content (AvgIpc) is 2.67. The summed E-state index contributed by atoms with van der Waals surface area (Å²) in [6.45, 7) is 7.26. The molecule has 1 aromatic heterocycles. The molecule has 27 heavy (non-hydrogen) atoms. The van der Waals surface area contributed by atoms with Crippen molar-refractivity contribution in [2.75, 3.05) is 0 Å². The van der Waals surface area contributed by atoms with Gasteiger partial charge in [-0.1, -0.05) is 47.6 Å². The molecule has 0 radical (unpaired) electrons. The number of nitrogens with one attached hydrogen (secondary N) is 1. The summed E-state index contributed by atoms with van der Waals surface area (Å²) in [5.41, 5.74) is 1.44. The highest BCUT2D eigenvalue weighted by atomic mass is 35.5. The maximum Gasteiger partial charge on any atom is 0.335 e. The van der Waals surface area contributed by atoms with E-state index in [9.17, 15) is 9.59 Å². The zero-order valence-corrected chi connectivity index (χ0v) is 15.3. The molecule has 3 aromatic rings. The molecule has 2 aromatic carbocycles. The van der Waals surface area contributed by atoms with Gasteiger partial charge in [-0.05, 0) is 35.4 Å². The lowest BCUT2D eigenvalue weighted by atomic mass is 10.1. The Morgan fingerprint density at radius 1 is 1.19 bits per heavy atom. The van der Waals surface area contributed by atoms with Gasteiger partial charge in [0.15, 0.2) is 5.16 Å². The van der Waals surface area contributed by atoms with Crippen LogP contribution in [0, 0.1) is 6.57 Å². The number of benzene rings is 2. The Kier molecular flexibility index (Phi) is 5.60. The van der Waals surface area contributed by atoms with E-state index in [1.54, 1.807) is 36.4 Å². The zero-order chi connectivity index (χ0) is 19.4. The summed E-state index contributed by atoms with van der Waals surface area (Å²) in [6, 6.07) is 13.2. The second kappa shape index (κ2) is 8.08. The highest BCUT2D eigenvalue weighted by molar-refractivity contribution is 7.98. The SMILES string of the molecule is [C-]#[N+]c1c(-c2ccc(Cl)cc2)nc(SCc2ccc(C(=O)O)cc2)[nH]c1=O. The van der Waals surface area contributed by atoms with E-state index in [4.69, 9.17) is 23.3 Å². The Bertz CT molecular complexity index is 1090. The maximum atomic E-state index is 12.2. The Balaban J connectivity index is 1.88. The predicted octanol–water partition coefficient (Wildman–Crippen LogP) is 4.63. The number of carbonyl (C=O) groups is 1. The molecule has 3 rings (SSSR count). The van der Waals surface area contributed by atoms with Crippen molar-refractivity contribution in [1.29, 1.82) is 0 Å². The summed E-state index contributed by atoms with van der Waals surface area (Å²) in [6.07, 6.45) is 0. The standard InChI is InChI=1S/C19H12ClN3O3S/c1-21-16-15(12-6-8-14(20)9-7-12)22-19(23-17(16)24)27-10-11-2-4-13(5-3-11)18(25)26/h2-9H,10H2,(H,25,26)(H,22,23,24). The van der Waals surface area contributed by atoms with Crippen molar-refractivity contribution < 1.29 is 9.90 Å². The van der Waals surface area contributed by atoms with Crippen LogP contribution in [0.25, 0.3) is 16.1 Å². The summed E-state index contributed by atoms with van der Waals surface area (Å²) >= 11 is 7.18. The van der Waals surface area contributed by atoms with Crippen molar-refractivity contribution in [2.45, 2.75) is 10.9 Å². The van der Waals surface area contributed by atoms with Gasteiger partial charge < -0.3 is 10.1 Å². The van der Waals surface area contributed by atoms with Crippen molar-refractivity contribution in [2.24, 2.45) is 0 Å². The minimum atomic E-state index is -0.984. The van der Waals surface area contributed by atoms with Gasteiger partial charge in [0.25, 0.3) is 11.2 Å². The first-order chi connectivity index (χ1) is 13.0. The van der Waals surface area contributed by atoms with E-state index >= 15 is 0 Å². The van der Waals surface area contributed by atoms with Crippen molar-refractivity contribution in [1.82, 2.24) is 9.97 Å². The number of thioether (sulfide) groups is 1. The Morgan fingerprint density at radius 3 is 2.44 bits per heavy atom. The molecular weight excluding hydrogens is 386 g/mol. The second-order valence-electron chi connectivity index (χ2n) is 5.48. The zero-order valence-electron chi connectivity index (χ0n) is 13.8. The van der Waals surface area contributed by atoms with Gasteiger partial charge in [-0.2, -0.15) is 0 Å². The van der Waals surface area contributed by atoms with Crippen LogP contribution in [-0.2, 0) is 5.75 Å². The van der Waals surface area contributed by atoms with Crippen molar-refractivity contribution in [3.05, 3.63) is 86.5 Å². The molecule has 0 saturated heterocycles. The van der Waals surface area contributed by atoms with E-state index < -0.39 is 11.5 Å². The molecule has 0 saturated carbocycles. The molecule has 0 aliphatic carbocycles. The van der Waals surface area contributed by atoms with Gasteiger partial charge in [0.1, 0.15) is 0 Å². The van der Waals surface area contributed by atoms with Gasteiger partial charge in [0.2, 0.25) is 0 Å². The lowest BCUT2D eigenvalue weighted by Gasteiger charge is -2.07. The largest absolute Gasteiger partial charge is 0.478 e. The fourth-order valence-corrected chi connectivity index (χ4v) is 3.27. The van der Waals surface area contributed by atoms with Crippen LogP contribution >= 0.6 is 23.4 Å². The molecule has 0 unspecified atom stereocenters. The number of hydrogen-bond donors (Lipinski definition) is 2. The molecule has 0 aliphatic heterocycles. The molecule has 0 fully saturated rings. The van der Waals surface area contributed by atoms with Crippen LogP contribution in [0.3, 0.4) is 0 Å². The van der Waals surface area contributed by atoms with E-state index in [1.165, 1.54) is 23.9 Å². The Labute approximate surface area is 163 Å². The first-order valence-corrected chi connectivity index (χ1v) is 9.07. The second-order valence-corrected chi connectivity index (χ2v) is 6.88. The lowest BCUT2D eigenvalue weighted by Crippen LogP contribution is -2.09. The summed E-state index contributed by atoms with van der Waals surface area (Å²) in [7, 11) is 0. The van der Waals surface area contributed by atoms with Crippen molar-refractivity contribution >= 4 is 35.0 Å². The first-order valence-electron chi connectivity index (χ1n) is 7.70. The van der Waals surface area contributed by atoms with E-state index in [-0.39, 0.29) is 11.3 Å². The number of aromatic carboxylic acids is 1. The number of hydrogen-bond acceptors (Lipinski definition) is 4. The molecule has 0 amide bonds. The summed E-state index contributed by atoms with van der Waals surface area (Å²) in [4.78, 5) is 33.5. The molecule has 6 nitrogen and oxygen atoms in total. The van der Waals surface area contributed by atoms with Gasteiger partial charge in [-0.3, -0.25) is 4.79 Å². The van der Waals surface area contributed by atoms with E-state index in [0.717, 1.165) is 5.56 Å². The van der Waals surface area contributed by atoms with Gasteiger partial charge in [-0.25, -0.2) is 14.6 Å². The van der Waals surface area contributed by atoms with Crippen LogP contribution in [0.2, 0.25) is 5.02 Å². The van der Waals surface area contributed by atoms with Gasteiger partial charge in [-0.15, -0.1) is 0 Å². The number of aromatic nitrogens is 2. The number of rotatable bonds is 5. The quantitative estimate of drug-likeness (QED) is 0.372. The third kappa shape index (κ3) is 4.37. The highest BCUT2D eigenvalue weighted by Crippen LogP contribution is 2.29. The third-order valence-corrected chi connectivity index (χ3v) is 4.88. The average molecular weight is 398 g/mol. The minimum absolute atomic E-state index is 0.0764. The number of halogens is 1. The smallest absolute Gasteiger partial charge is 0.335 e. The van der Waals surface area contributed by atoms with Gasteiger partial charge >= 0.3 is 5.97 Å². The van der Waals surface area contributed by atoms with E-state index in [1.807, 2.05) is 0 Å². The first kappa shape index (κ1) is 18.7. The van der Waals surface area contributed by atoms with Crippen LogP contribution in [0.4, 0.5) is 5.69 Å². The number of aromatic amines is 1. The molecule has 8 heteroatoms. The molecule has 0 bridgehead atoms. The molecule has 2 N–H and O–H groups in total. The van der Waals surface area contributed by atoms with Crippen LogP contribution in [0.15, 0.2) is 58.5 Å². The molecule has 1 heterocycles. The molecule has 0 atom stereocenters. The topological polar surface area (TPSA) is 87.4 Å². The number of carboxylic acids is 1. The molecule has 134 valence electrons. The van der Waals surface area contributed by atoms with Crippen LogP contribution in [0.5, 0.6) is 0 Å². The van der Waals surface area contributed by atoms with Crippen LogP contribution in [-0.4, -0.2) is 21.0 Å². The Hall–Kier alpha value is -3.08. The predicted molar refractivity (Wildman–Crippen MR) is 105 cm³/mol. The van der Waals surface area contributed by atoms with Gasteiger partial charge in [0, 0.05) is 10.8 Å². The maximum absolute atomic E-state index is 12.2. The van der Waals surface area contributed by atoms with Crippen molar-refractivity contribution in [3.63, 3.8) is 0 Å². The normalized spacial score (nSPS) is 10.4. The monoisotopic (exact) mass is 397 g/mol. The minimum Gasteiger partial charge on any atom is -0.478 e. The molecule has 0 aliphatic rings. The lowest BCUT2D eigenvalue weighted by molar-refractivity contribution is 0.0697. The number of carboxylic acid groups (broad SMARTS) is 1. The highest BCUT2D eigenvalue weighted by Gasteiger charge is 2.14. The number of nitrogens with zero attached hydrogens (tertiary/aromatic N) is 2. The third-order valence-electron chi connectivity index (χ3n) is 3.68. The fourth-order valence-electron chi connectivity index (χ4n) is 2.32. The van der Waals surface area contributed by atoms with E-state index in [0.29, 0.717) is 27.2 Å². The molecule has 0 spiro atoms.